The molecule has 3 heteroatoms. The SMILES string of the molecule is CCCCCCCCCC(=O)c1ccc(COC)o1. The number of ether oxygens (including phenoxy) is 1. The molecule has 19 heavy (non-hydrogen) atoms. The van der Waals surface area contributed by atoms with Gasteiger partial charge in [0.2, 0.25) is 0 Å². The van der Waals surface area contributed by atoms with E-state index < -0.39 is 0 Å². The Morgan fingerprint density at radius 3 is 2.47 bits per heavy atom. The normalized spacial score (nSPS) is 10.8. The number of carbonyl (C=O) groups is 1. The largest absolute Gasteiger partial charge is 0.456 e. The quantitative estimate of drug-likeness (QED) is 0.428. The van der Waals surface area contributed by atoms with Gasteiger partial charge in [0.15, 0.2) is 11.5 Å². The molecule has 0 fully saturated rings. The number of methoxy groups -OCH3 is 1. The molecule has 3 nitrogen and oxygen atoms in total. The van der Waals surface area contributed by atoms with Crippen LogP contribution in [0.2, 0.25) is 0 Å². The van der Waals surface area contributed by atoms with Gasteiger partial charge in [-0.1, -0.05) is 45.4 Å². The summed E-state index contributed by atoms with van der Waals surface area (Å²) < 4.78 is 10.4. The van der Waals surface area contributed by atoms with Gasteiger partial charge in [-0.2, -0.15) is 0 Å². The molecule has 0 spiro atoms. The molecule has 0 aromatic carbocycles. The smallest absolute Gasteiger partial charge is 0.197 e. The van der Waals surface area contributed by atoms with Crippen molar-refractivity contribution in [2.45, 2.75) is 64.9 Å². The summed E-state index contributed by atoms with van der Waals surface area (Å²) in [4.78, 5) is 11.9. The highest BCUT2D eigenvalue weighted by Crippen LogP contribution is 2.14. The van der Waals surface area contributed by atoms with Crippen LogP contribution in [0.25, 0.3) is 0 Å². The van der Waals surface area contributed by atoms with E-state index in [9.17, 15) is 4.79 Å². The summed E-state index contributed by atoms with van der Waals surface area (Å²) in [6.07, 6.45) is 9.15. The number of hydrogen-bond donors (Lipinski definition) is 0. The first-order chi connectivity index (χ1) is 9.27. The van der Waals surface area contributed by atoms with Crippen molar-refractivity contribution in [3.8, 4) is 0 Å². The Hall–Kier alpha value is -1.09. The number of carbonyl (C=O) groups excluding carboxylic acids is 1. The lowest BCUT2D eigenvalue weighted by Crippen LogP contribution is -1.97. The number of unbranched alkanes of at least 4 members (excludes halogenated alkanes) is 6. The fraction of sp³-hybridized carbons (Fsp3) is 0.688. The monoisotopic (exact) mass is 266 g/mol. The van der Waals surface area contributed by atoms with Crippen LogP contribution in [0.1, 0.15) is 74.6 Å². The summed E-state index contributed by atoms with van der Waals surface area (Å²) in [6, 6.07) is 3.55. The minimum atomic E-state index is 0.107. The lowest BCUT2D eigenvalue weighted by atomic mass is 10.1. The van der Waals surface area contributed by atoms with Crippen LogP contribution in [-0.2, 0) is 11.3 Å². The van der Waals surface area contributed by atoms with Crippen LogP contribution in [0, 0.1) is 0 Å². The maximum absolute atomic E-state index is 11.9. The van der Waals surface area contributed by atoms with Crippen LogP contribution in [-0.4, -0.2) is 12.9 Å². The zero-order chi connectivity index (χ0) is 13.9. The molecule has 0 unspecified atom stereocenters. The van der Waals surface area contributed by atoms with Crippen molar-refractivity contribution in [1.82, 2.24) is 0 Å². The zero-order valence-electron chi connectivity index (χ0n) is 12.2. The molecule has 0 amide bonds. The molecular formula is C16H26O3. The average Bonchev–Trinajstić information content (AvgIpc) is 2.87. The van der Waals surface area contributed by atoms with Crippen molar-refractivity contribution in [2.75, 3.05) is 7.11 Å². The molecule has 0 atom stereocenters. The van der Waals surface area contributed by atoms with Gasteiger partial charge in [-0.15, -0.1) is 0 Å². The third-order valence-corrected chi connectivity index (χ3v) is 3.23. The highest BCUT2D eigenvalue weighted by Gasteiger charge is 2.10. The van der Waals surface area contributed by atoms with Crippen molar-refractivity contribution in [1.29, 1.82) is 0 Å². The molecule has 108 valence electrons. The van der Waals surface area contributed by atoms with Crippen LogP contribution in [0.4, 0.5) is 0 Å². The van der Waals surface area contributed by atoms with Gasteiger partial charge in [0.05, 0.1) is 0 Å². The van der Waals surface area contributed by atoms with E-state index in [1.807, 2.05) is 6.07 Å². The molecule has 0 aliphatic heterocycles. The molecule has 1 rings (SSSR count). The number of furan rings is 1. The van der Waals surface area contributed by atoms with E-state index in [-0.39, 0.29) is 5.78 Å². The lowest BCUT2D eigenvalue weighted by molar-refractivity contribution is 0.0943. The molecule has 0 N–H and O–H groups in total. The van der Waals surface area contributed by atoms with Crippen molar-refractivity contribution >= 4 is 5.78 Å². The standard InChI is InChI=1S/C16H26O3/c1-3-4-5-6-7-8-9-10-15(17)16-12-11-14(19-16)13-18-2/h11-12H,3-10,13H2,1-2H3. The second-order valence-corrected chi connectivity index (χ2v) is 4.99. The van der Waals surface area contributed by atoms with E-state index in [4.69, 9.17) is 9.15 Å². The van der Waals surface area contributed by atoms with E-state index in [0.29, 0.717) is 24.5 Å². The predicted octanol–water partition coefficient (Wildman–Crippen LogP) is 4.75. The minimum absolute atomic E-state index is 0.107. The van der Waals surface area contributed by atoms with Gasteiger partial charge in [0.1, 0.15) is 12.4 Å². The van der Waals surface area contributed by atoms with Gasteiger partial charge in [0.25, 0.3) is 0 Å². The molecule has 0 aliphatic rings. The van der Waals surface area contributed by atoms with Crippen LogP contribution in [0.15, 0.2) is 16.5 Å². The second-order valence-electron chi connectivity index (χ2n) is 4.99. The molecule has 0 saturated heterocycles. The third kappa shape index (κ3) is 6.58. The van der Waals surface area contributed by atoms with Gasteiger partial charge in [-0.05, 0) is 18.6 Å². The molecule has 1 aromatic heterocycles. The Bertz CT molecular complexity index is 355. The van der Waals surface area contributed by atoms with Crippen LogP contribution in [0.5, 0.6) is 0 Å². The first-order valence-corrected chi connectivity index (χ1v) is 7.38. The lowest BCUT2D eigenvalue weighted by Gasteiger charge is -2.00. The maximum atomic E-state index is 11.9. The van der Waals surface area contributed by atoms with Gasteiger partial charge in [-0.25, -0.2) is 0 Å². The summed E-state index contributed by atoms with van der Waals surface area (Å²) in [5.74, 6) is 1.29. The Kier molecular flexibility index (Phi) is 8.23. The number of Topliss-reactive ketones (excluding diaryl/α,β-unsaturated/α-hetero) is 1. The van der Waals surface area contributed by atoms with Crippen LogP contribution >= 0.6 is 0 Å². The minimum Gasteiger partial charge on any atom is -0.456 e. The number of ketones is 1. The Morgan fingerprint density at radius 1 is 1.11 bits per heavy atom. The van der Waals surface area contributed by atoms with E-state index in [1.54, 1.807) is 13.2 Å². The summed E-state index contributed by atoms with van der Waals surface area (Å²) in [5.41, 5.74) is 0. The summed E-state index contributed by atoms with van der Waals surface area (Å²) >= 11 is 0. The van der Waals surface area contributed by atoms with Crippen molar-refractivity contribution < 1.29 is 13.9 Å². The van der Waals surface area contributed by atoms with Crippen molar-refractivity contribution in [3.63, 3.8) is 0 Å². The zero-order valence-corrected chi connectivity index (χ0v) is 12.2. The van der Waals surface area contributed by atoms with E-state index in [1.165, 1.54) is 32.1 Å². The summed E-state index contributed by atoms with van der Waals surface area (Å²) in [5, 5.41) is 0. The molecule has 0 bridgehead atoms. The topological polar surface area (TPSA) is 39.4 Å². The molecule has 0 saturated carbocycles. The summed E-state index contributed by atoms with van der Waals surface area (Å²) in [7, 11) is 1.61. The maximum Gasteiger partial charge on any atom is 0.197 e. The van der Waals surface area contributed by atoms with E-state index in [0.717, 1.165) is 12.8 Å². The molecule has 1 aromatic rings. The van der Waals surface area contributed by atoms with Crippen LogP contribution < -0.4 is 0 Å². The van der Waals surface area contributed by atoms with Gasteiger partial charge in [0, 0.05) is 13.5 Å². The van der Waals surface area contributed by atoms with E-state index in [2.05, 4.69) is 6.92 Å². The fourth-order valence-electron chi connectivity index (χ4n) is 2.11. The van der Waals surface area contributed by atoms with Gasteiger partial charge >= 0.3 is 0 Å². The van der Waals surface area contributed by atoms with Crippen LogP contribution in [0.3, 0.4) is 0 Å². The molecular weight excluding hydrogens is 240 g/mol. The second kappa shape index (κ2) is 9.79. The number of hydrogen-bond acceptors (Lipinski definition) is 3. The van der Waals surface area contributed by atoms with Gasteiger partial charge in [-0.3, -0.25) is 4.79 Å². The number of rotatable bonds is 11. The third-order valence-electron chi connectivity index (χ3n) is 3.23. The fourth-order valence-corrected chi connectivity index (χ4v) is 2.11. The first kappa shape index (κ1) is 16.0. The Balaban J connectivity index is 2.13. The van der Waals surface area contributed by atoms with Crippen molar-refractivity contribution in [3.05, 3.63) is 23.7 Å². The van der Waals surface area contributed by atoms with Gasteiger partial charge < -0.3 is 9.15 Å². The predicted molar refractivity (Wildman–Crippen MR) is 76.4 cm³/mol. The first-order valence-electron chi connectivity index (χ1n) is 7.38. The molecule has 1 heterocycles. The molecule has 0 radical (unpaired) electrons. The summed E-state index contributed by atoms with van der Waals surface area (Å²) in [6.45, 7) is 2.64. The Labute approximate surface area is 116 Å². The molecule has 0 aliphatic carbocycles. The average molecular weight is 266 g/mol. The van der Waals surface area contributed by atoms with E-state index >= 15 is 0 Å². The highest BCUT2D eigenvalue weighted by atomic mass is 16.5. The Morgan fingerprint density at radius 2 is 1.79 bits per heavy atom. The van der Waals surface area contributed by atoms with Crippen molar-refractivity contribution in [2.24, 2.45) is 0 Å². The highest BCUT2D eigenvalue weighted by molar-refractivity contribution is 5.93.